The zero-order chi connectivity index (χ0) is 13.8. The van der Waals surface area contributed by atoms with Gasteiger partial charge in [0.1, 0.15) is 0 Å². The maximum atomic E-state index is 12.1. The number of rotatable bonds is 5. The number of para-hydroxylation sites is 1. The van der Waals surface area contributed by atoms with Crippen molar-refractivity contribution >= 4 is 16.8 Å². The van der Waals surface area contributed by atoms with Crippen molar-refractivity contribution < 1.29 is 4.79 Å². The average molecular weight is 258 g/mol. The van der Waals surface area contributed by atoms with Gasteiger partial charge in [0.15, 0.2) is 0 Å². The van der Waals surface area contributed by atoms with Crippen LogP contribution in [0.15, 0.2) is 24.3 Å². The summed E-state index contributed by atoms with van der Waals surface area (Å²) in [7, 11) is 0. The van der Waals surface area contributed by atoms with Crippen molar-refractivity contribution in [3.8, 4) is 0 Å². The van der Waals surface area contributed by atoms with Crippen LogP contribution in [0.25, 0.3) is 10.9 Å². The lowest BCUT2D eigenvalue weighted by atomic mass is 10.1. The van der Waals surface area contributed by atoms with Gasteiger partial charge in [0.2, 0.25) is 5.91 Å². The van der Waals surface area contributed by atoms with E-state index in [2.05, 4.69) is 24.0 Å². The molecule has 0 radical (unpaired) electrons. The van der Waals surface area contributed by atoms with Gasteiger partial charge in [-0.2, -0.15) is 0 Å². The first-order valence-corrected chi connectivity index (χ1v) is 7.01. The number of nitrogens with one attached hydrogen (secondary N) is 1. The molecule has 1 N–H and O–H groups in total. The molecule has 0 aliphatic carbocycles. The molecule has 3 heteroatoms. The van der Waals surface area contributed by atoms with Gasteiger partial charge in [-0.3, -0.25) is 4.79 Å². The Hall–Kier alpha value is -1.77. The molecular formula is C16H22N2O. The van der Waals surface area contributed by atoms with Gasteiger partial charge >= 0.3 is 0 Å². The maximum Gasteiger partial charge on any atom is 0.222 e. The molecule has 19 heavy (non-hydrogen) atoms. The van der Waals surface area contributed by atoms with Gasteiger partial charge in [-0.1, -0.05) is 18.2 Å². The molecule has 0 unspecified atom stereocenters. The zero-order valence-corrected chi connectivity index (χ0v) is 12.0. The first-order valence-electron chi connectivity index (χ1n) is 7.01. The van der Waals surface area contributed by atoms with E-state index < -0.39 is 0 Å². The van der Waals surface area contributed by atoms with Crippen molar-refractivity contribution in [1.82, 2.24) is 9.88 Å². The minimum atomic E-state index is 0.245. The summed E-state index contributed by atoms with van der Waals surface area (Å²) in [6.07, 6.45) is 1.40. The second kappa shape index (κ2) is 5.91. The third-order valence-corrected chi connectivity index (χ3v) is 3.73. The number of hydrogen-bond donors (Lipinski definition) is 1. The number of aromatic nitrogens is 1. The van der Waals surface area contributed by atoms with Gasteiger partial charge in [0.25, 0.3) is 0 Å². The molecule has 2 rings (SSSR count). The molecule has 0 fully saturated rings. The van der Waals surface area contributed by atoms with Crippen LogP contribution in [-0.4, -0.2) is 28.9 Å². The third-order valence-electron chi connectivity index (χ3n) is 3.73. The first kappa shape index (κ1) is 13.7. The number of carbonyl (C=O) groups excluding carboxylic acids is 1. The molecule has 3 nitrogen and oxygen atoms in total. The molecule has 0 saturated carbocycles. The normalized spacial score (nSPS) is 10.9. The van der Waals surface area contributed by atoms with Crippen LogP contribution in [0.2, 0.25) is 0 Å². The van der Waals surface area contributed by atoms with E-state index in [1.165, 1.54) is 16.6 Å². The van der Waals surface area contributed by atoms with Gasteiger partial charge in [-0.05, 0) is 38.8 Å². The summed E-state index contributed by atoms with van der Waals surface area (Å²) >= 11 is 0. The summed E-state index contributed by atoms with van der Waals surface area (Å²) < 4.78 is 0. The Balaban J connectivity index is 2.14. The van der Waals surface area contributed by atoms with E-state index in [4.69, 9.17) is 0 Å². The first-order chi connectivity index (χ1) is 9.17. The molecule has 0 spiro atoms. The third kappa shape index (κ3) is 2.80. The van der Waals surface area contributed by atoms with Crippen LogP contribution in [0, 0.1) is 6.92 Å². The largest absolute Gasteiger partial charge is 0.358 e. The Kier molecular flexibility index (Phi) is 4.25. The molecule has 1 aromatic carbocycles. The van der Waals surface area contributed by atoms with Gasteiger partial charge < -0.3 is 9.88 Å². The zero-order valence-electron chi connectivity index (χ0n) is 12.0. The Bertz CT molecular complexity index is 567. The van der Waals surface area contributed by atoms with Crippen LogP contribution in [-0.2, 0) is 11.2 Å². The van der Waals surface area contributed by atoms with E-state index in [0.29, 0.717) is 6.42 Å². The highest BCUT2D eigenvalue weighted by Gasteiger charge is 2.13. The highest BCUT2D eigenvalue weighted by Crippen LogP contribution is 2.23. The van der Waals surface area contributed by atoms with E-state index in [0.717, 1.165) is 25.0 Å². The molecule has 0 bridgehead atoms. The summed E-state index contributed by atoms with van der Waals surface area (Å²) in [5.41, 5.74) is 3.61. The van der Waals surface area contributed by atoms with Crippen LogP contribution in [0.3, 0.4) is 0 Å². The topological polar surface area (TPSA) is 36.1 Å². The SMILES string of the molecule is CCN(CC)C(=O)CCc1c(C)[nH]c2ccccc12. The Morgan fingerprint density at radius 1 is 1.21 bits per heavy atom. The minimum Gasteiger partial charge on any atom is -0.358 e. The molecule has 0 saturated heterocycles. The van der Waals surface area contributed by atoms with E-state index >= 15 is 0 Å². The fourth-order valence-corrected chi connectivity index (χ4v) is 2.62. The van der Waals surface area contributed by atoms with E-state index in [9.17, 15) is 4.79 Å². The number of amides is 1. The molecular weight excluding hydrogens is 236 g/mol. The van der Waals surface area contributed by atoms with Crippen molar-refractivity contribution in [2.24, 2.45) is 0 Å². The second-order valence-electron chi connectivity index (χ2n) is 4.84. The van der Waals surface area contributed by atoms with Crippen molar-refractivity contribution in [2.45, 2.75) is 33.6 Å². The maximum absolute atomic E-state index is 12.1. The lowest BCUT2D eigenvalue weighted by Crippen LogP contribution is -2.30. The number of nitrogens with zero attached hydrogens (tertiary/aromatic N) is 1. The monoisotopic (exact) mass is 258 g/mol. The lowest BCUT2D eigenvalue weighted by Gasteiger charge is -2.18. The Morgan fingerprint density at radius 3 is 2.58 bits per heavy atom. The number of H-pyrrole nitrogens is 1. The van der Waals surface area contributed by atoms with Crippen molar-refractivity contribution in [2.75, 3.05) is 13.1 Å². The number of aromatic amines is 1. The summed E-state index contributed by atoms with van der Waals surface area (Å²) in [4.78, 5) is 17.3. The summed E-state index contributed by atoms with van der Waals surface area (Å²) in [5, 5.41) is 1.24. The lowest BCUT2D eigenvalue weighted by molar-refractivity contribution is -0.130. The smallest absolute Gasteiger partial charge is 0.222 e. The number of benzene rings is 1. The molecule has 2 aromatic rings. The molecule has 1 amide bonds. The number of fused-ring (bicyclic) bond motifs is 1. The summed E-state index contributed by atoms with van der Waals surface area (Å²) in [6.45, 7) is 7.72. The standard InChI is InChI=1S/C16H22N2O/c1-4-18(5-2)16(19)11-10-13-12(3)17-15-9-7-6-8-14(13)15/h6-9,17H,4-5,10-11H2,1-3H3. The van der Waals surface area contributed by atoms with Gasteiger partial charge in [0.05, 0.1) is 0 Å². The summed E-state index contributed by atoms with van der Waals surface area (Å²) in [5.74, 6) is 0.245. The predicted molar refractivity (Wildman–Crippen MR) is 79.3 cm³/mol. The van der Waals surface area contributed by atoms with Crippen LogP contribution in [0.1, 0.15) is 31.5 Å². The number of carbonyl (C=O) groups is 1. The molecule has 0 aliphatic heterocycles. The van der Waals surface area contributed by atoms with Crippen LogP contribution >= 0.6 is 0 Å². The van der Waals surface area contributed by atoms with Gasteiger partial charge in [-0.25, -0.2) is 0 Å². The summed E-state index contributed by atoms with van der Waals surface area (Å²) in [6, 6.07) is 8.28. The van der Waals surface area contributed by atoms with Gasteiger partial charge in [0, 0.05) is 36.1 Å². The van der Waals surface area contributed by atoms with Crippen molar-refractivity contribution in [3.63, 3.8) is 0 Å². The van der Waals surface area contributed by atoms with Crippen molar-refractivity contribution in [3.05, 3.63) is 35.5 Å². The van der Waals surface area contributed by atoms with Crippen LogP contribution < -0.4 is 0 Å². The highest BCUT2D eigenvalue weighted by molar-refractivity contribution is 5.85. The minimum absolute atomic E-state index is 0.245. The van der Waals surface area contributed by atoms with Crippen molar-refractivity contribution in [1.29, 1.82) is 0 Å². The molecule has 0 aliphatic rings. The molecule has 1 aromatic heterocycles. The Morgan fingerprint density at radius 2 is 1.89 bits per heavy atom. The molecule has 0 atom stereocenters. The number of hydrogen-bond acceptors (Lipinski definition) is 1. The van der Waals surface area contributed by atoms with E-state index in [1.807, 2.05) is 30.9 Å². The average Bonchev–Trinajstić information content (AvgIpc) is 2.73. The molecule has 102 valence electrons. The fourth-order valence-electron chi connectivity index (χ4n) is 2.62. The van der Waals surface area contributed by atoms with Crippen LogP contribution in [0.4, 0.5) is 0 Å². The van der Waals surface area contributed by atoms with Crippen LogP contribution in [0.5, 0.6) is 0 Å². The second-order valence-corrected chi connectivity index (χ2v) is 4.84. The fraction of sp³-hybridized carbons (Fsp3) is 0.438. The molecule has 1 heterocycles. The number of aryl methyl sites for hydroxylation is 2. The van der Waals surface area contributed by atoms with E-state index in [-0.39, 0.29) is 5.91 Å². The highest BCUT2D eigenvalue weighted by atomic mass is 16.2. The van der Waals surface area contributed by atoms with Gasteiger partial charge in [-0.15, -0.1) is 0 Å². The quantitative estimate of drug-likeness (QED) is 0.877. The Labute approximate surface area is 114 Å². The predicted octanol–water partition coefficient (Wildman–Crippen LogP) is 3.28. The van der Waals surface area contributed by atoms with E-state index in [1.54, 1.807) is 0 Å².